The zero-order valence-corrected chi connectivity index (χ0v) is 12.2. The van der Waals surface area contributed by atoms with E-state index in [1.807, 2.05) is 0 Å². The predicted molar refractivity (Wildman–Crippen MR) is 82.5 cm³/mol. The van der Waals surface area contributed by atoms with Gasteiger partial charge in [-0.2, -0.15) is 0 Å². The minimum absolute atomic E-state index is 0.0926. The van der Waals surface area contributed by atoms with Gasteiger partial charge >= 0.3 is 0 Å². The number of hydrogen-bond donors (Lipinski definition) is 3. The van der Waals surface area contributed by atoms with Gasteiger partial charge < -0.3 is 20.5 Å². The fraction of sp³-hybridized carbons (Fsp3) is 0.375. The number of nitrogens with two attached hydrogens (primary N) is 1. The van der Waals surface area contributed by atoms with Crippen molar-refractivity contribution >= 4 is 5.91 Å². The molecule has 1 aliphatic rings. The molecule has 4 N–H and O–H groups in total. The monoisotopic (exact) mass is 301 g/mol. The number of nitrogens with one attached hydrogen (secondary N) is 2. The van der Waals surface area contributed by atoms with E-state index in [2.05, 4.69) is 10.3 Å². The van der Waals surface area contributed by atoms with Crippen LogP contribution < -0.4 is 16.6 Å². The molecule has 0 radical (unpaired) electrons. The molecule has 1 saturated carbocycles. The molecule has 0 bridgehead atoms. The largest absolute Gasteiger partial charge is 0.463 e. The molecule has 1 amide bonds. The van der Waals surface area contributed by atoms with Crippen LogP contribution in [0.15, 0.2) is 39.7 Å². The van der Waals surface area contributed by atoms with Gasteiger partial charge in [0, 0.05) is 6.54 Å². The fourth-order valence-electron chi connectivity index (χ4n) is 2.97. The van der Waals surface area contributed by atoms with Crippen molar-refractivity contribution in [3.05, 3.63) is 46.4 Å². The van der Waals surface area contributed by atoms with E-state index < -0.39 is 5.56 Å². The Labute approximate surface area is 127 Å². The molecule has 3 rings (SSSR count). The lowest BCUT2D eigenvalue weighted by Crippen LogP contribution is -2.52. The Kier molecular flexibility index (Phi) is 3.85. The molecule has 0 aromatic carbocycles. The van der Waals surface area contributed by atoms with Gasteiger partial charge in [0.15, 0.2) is 0 Å². The summed E-state index contributed by atoms with van der Waals surface area (Å²) in [5, 5.41) is 2.95. The summed E-state index contributed by atoms with van der Waals surface area (Å²) in [5.41, 5.74) is 5.64. The van der Waals surface area contributed by atoms with Crippen molar-refractivity contribution in [1.29, 1.82) is 0 Å². The van der Waals surface area contributed by atoms with Crippen LogP contribution in [-0.4, -0.2) is 23.0 Å². The molecule has 6 nitrogen and oxygen atoms in total. The predicted octanol–water partition coefficient (Wildman–Crippen LogP) is 1.64. The molecule has 0 aliphatic heterocycles. The molecule has 116 valence electrons. The summed E-state index contributed by atoms with van der Waals surface area (Å²) in [6, 6.07) is 6.66. The van der Waals surface area contributed by atoms with Crippen molar-refractivity contribution in [3.8, 4) is 11.5 Å². The van der Waals surface area contributed by atoms with E-state index in [1.165, 1.54) is 12.3 Å². The first kappa shape index (κ1) is 14.6. The van der Waals surface area contributed by atoms with Crippen molar-refractivity contribution in [2.24, 2.45) is 5.73 Å². The first-order chi connectivity index (χ1) is 10.6. The normalized spacial score (nSPS) is 16.6. The molecule has 0 unspecified atom stereocenters. The van der Waals surface area contributed by atoms with Crippen LogP contribution in [0.1, 0.15) is 36.0 Å². The first-order valence-electron chi connectivity index (χ1n) is 7.43. The summed E-state index contributed by atoms with van der Waals surface area (Å²) in [6.45, 7) is 0.390. The summed E-state index contributed by atoms with van der Waals surface area (Å²) >= 11 is 0. The molecule has 2 aromatic heterocycles. The Morgan fingerprint density at radius 2 is 2.09 bits per heavy atom. The Morgan fingerprint density at radius 1 is 1.32 bits per heavy atom. The van der Waals surface area contributed by atoms with Gasteiger partial charge in [0.2, 0.25) is 0 Å². The Morgan fingerprint density at radius 3 is 2.68 bits per heavy atom. The van der Waals surface area contributed by atoms with Gasteiger partial charge in [-0.15, -0.1) is 0 Å². The number of hydrogen-bond acceptors (Lipinski definition) is 4. The Bertz CT molecular complexity index is 712. The number of H-pyrrole nitrogens is 1. The van der Waals surface area contributed by atoms with Gasteiger partial charge in [0.05, 0.1) is 17.5 Å². The summed E-state index contributed by atoms with van der Waals surface area (Å²) in [4.78, 5) is 27.2. The van der Waals surface area contributed by atoms with Crippen molar-refractivity contribution < 1.29 is 9.21 Å². The van der Waals surface area contributed by atoms with E-state index in [-0.39, 0.29) is 17.0 Å². The molecular weight excluding hydrogens is 282 g/mol. The summed E-state index contributed by atoms with van der Waals surface area (Å²) in [5.74, 6) is 0.179. The number of pyridine rings is 1. The smallest absolute Gasteiger partial charge is 0.261 e. The second kappa shape index (κ2) is 5.81. The third-order valence-corrected chi connectivity index (χ3v) is 4.27. The molecular formula is C16H19N3O3. The van der Waals surface area contributed by atoms with Gasteiger partial charge in [-0.3, -0.25) is 9.59 Å². The van der Waals surface area contributed by atoms with Crippen LogP contribution in [0.2, 0.25) is 0 Å². The van der Waals surface area contributed by atoms with E-state index in [1.54, 1.807) is 18.2 Å². The number of aromatic nitrogens is 1. The lowest BCUT2D eigenvalue weighted by molar-refractivity contribution is 0.0901. The average molecular weight is 301 g/mol. The summed E-state index contributed by atoms with van der Waals surface area (Å²) in [6.07, 6.45) is 5.34. The molecule has 1 aliphatic carbocycles. The van der Waals surface area contributed by atoms with Crippen molar-refractivity contribution in [2.75, 3.05) is 6.54 Å². The van der Waals surface area contributed by atoms with Crippen LogP contribution >= 0.6 is 0 Å². The van der Waals surface area contributed by atoms with E-state index >= 15 is 0 Å². The first-order valence-corrected chi connectivity index (χ1v) is 7.43. The molecule has 6 heteroatoms. The van der Waals surface area contributed by atoms with Gasteiger partial charge in [0.1, 0.15) is 11.3 Å². The van der Waals surface area contributed by atoms with Crippen LogP contribution in [-0.2, 0) is 0 Å². The number of carbonyl (C=O) groups is 1. The summed E-state index contributed by atoms with van der Waals surface area (Å²) < 4.78 is 5.23. The quantitative estimate of drug-likeness (QED) is 0.799. The number of amides is 1. The molecule has 0 saturated heterocycles. The zero-order chi connectivity index (χ0) is 15.6. The lowest BCUT2D eigenvalue weighted by Gasteiger charge is -2.28. The van der Waals surface area contributed by atoms with E-state index in [4.69, 9.17) is 10.2 Å². The van der Waals surface area contributed by atoms with Gasteiger partial charge in [-0.25, -0.2) is 0 Å². The van der Waals surface area contributed by atoms with E-state index in [0.717, 1.165) is 25.7 Å². The number of furan rings is 1. The van der Waals surface area contributed by atoms with Gasteiger partial charge in [-0.1, -0.05) is 12.8 Å². The SMILES string of the molecule is NCC1(NC(=O)c2ccc(-c3ccco3)[nH]c2=O)CCCC1. The van der Waals surface area contributed by atoms with Crippen LogP contribution in [0.25, 0.3) is 11.5 Å². The highest BCUT2D eigenvalue weighted by Gasteiger charge is 2.34. The third kappa shape index (κ3) is 2.69. The minimum atomic E-state index is -0.434. The second-order valence-electron chi connectivity index (χ2n) is 5.74. The third-order valence-electron chi connectivity index (χ3n) is 4.27. The highest BCUT2D eigenvalue weighted by Crippen LogP contribution is 2.28. The molecule has 0 spiro atoms. The maximum Gasteiger partial charge on any atom is 0.261 e. The fourth-order valence-corrected chi connectivity index (χ4v) is 2.97. The summed E-state index contributed by atoms with van der Waals surface area (Å²) in [7, 11) is 0. The maximum atomic E-state index is 12.4. The molecule has 0 atom stereocenters. The molecule has 22 heavy (non-hydrogen) atoms. The highest BCUT2D eigenvalue weighted by molar-refractivity contribution is 5.94. The Hall–Kier alpha value is -2.34. The van der Waals surface area contributed by atoms with Gasteiger partial charge in [-0.05, 0) is 37.1 Å². The number of aromatic amines is 1. The number of rotatable bonds is 4. The minimum Gasteiger partial charge on any atom is -0.463 e. The van der Waals surface area contributed by atoms with Crippen LogP contribution in [0.4, 0.5) is 0 Å². The van der Waals surface area contributed by atoms with Gasteiger partial charge in [0.25, 0.3) is 11.5 Å². The maximum absolute atomic E-state index is 12.4. The second-order valence-corrected chi connectivity index (χ2v) is 5.74. The van der Waals surface area contributed by atoms with E-state index in [9.17, 15) is 9.59 Å². The van der Waals surface area contributed by atoms with Crippen molar-refractivity contribution in [1.82, 2.24) is 10.3 Å². The van der Waals surface area contributed by atoms with Crippen molar-refractivity contribution in [3.63, 3.8) is 0 Å². The molecule has 1 fully saturated rings. The van der Waals surface area contributed by atoms with Crippen LogP contribution in [0.3, 0.4) is 0 Å². The van der Waals surface area contributed by atoms with E-state index in [0.29, 0.717) is 18.0 Å². The van der Waals surface area contributed by atoms with Crippen LogP contribution in [0, 0.1) is 0 Å². The Balaban J connectivity index is 1.83. The highest BCUT2D eigenvalue weighted by atomic mass is 16.3. The van der Waals surface area contributed by atoms with Crippen LogP contribution in [0.5, 0.6) is 0 Å². The topological polar surface area (TPSA) is 101 Å². The van der Waals surface area contributed by atoms with Crippen molar-refractivity contribution in [2.45, 2.75) is 31.2 Å². The zero-order valence-electron chi connectivity index (χ0n) is 12.2. The standard InChI is InChI=1S/C16H19N3O3/c17-10-16(7-1-2-8-16)19-15(21)11-5-6-12(18-14(11)20)13-4-3-9-22-13/h3-6,9H,1-2,7-8,10,17H2,(H,18,20)(H,19,21). The molecule has 2 aromatic rings. The molecule has 2 heterocycles. The number of carbonyl (C=O) groups excluding carboxylic acids is 1. The average Bonchev–Trinajstić information content (AvgIpc) is 3.19. The lowest BCUT2D eigenvalue weighted by atomic mass is 9.97.